The van der Waals surface area contributed by atoms with Crippen molar-refractivity contribution in [3.8, 4) is 0 Å². The molecule has 0 saturated heterocycles. The van der Waals surface area contributed by atoms with Gasteiger partial charge in [0.2, 0.25) is 11.9 Å². The lowest BCUT2D eigenvalue weighted by Gasteiger charge is -2.31. The highest BCUT2D eigenvalue weighted by Gasteiger charge is 2.29. The first-order valence-electron chi connectivity index (χ1n) is 8.39. The Hall–Kier alpha value is -3.22. The summed E-state index contributed by atoms with van der Waals surface area (Å²) in [5, 5.41) is 10.5. The average Bonchev–Trinajstić information content (AvgIpc) is 3.10. The van der Waals surface area contributed by atoms with Crippen LogP contribution in [0.1, 0.15) is 36.6 Å². The second-order valence-electron chi connectivity index (χ2n) is 6.33. The predicted octanol–water partition coefficient (Wildman–Crippen LogP) is 3.52. The van der Waals surface area contributed by atoms with E-state index in [2.05, 4.69) is 20.7 Å². The van der Waals surface area contributed by atoms with Crippen LogP contribution in [0.3, 0.4) is 0 Å². The summed E-state index contributed by atoms with van der Waals surface area (Å²) in [4.78, 5) is 15.5. The van der Waals surface area contributed by atoms with Gasteiger partial charge >= 0.3 is 0 Å². The number of halogens is 1. The molecule has 1 aromatic heterocycles. The third kappa shape index (κ3) is 3.15. The normalized spacial score (nSPS) is 18.7. The Kier molecular flexibility index (Phi) is 4.12. The maximum atomic E-state index is 13.2. The van der Waals surface area contributed by atoms with Crippen molar-refractivity contribution in [3.63, 3.8) is 0 Å². The first-order valence-corrected chi connectivity index (χ1v) is 8.39. The van der Waals surface area contributed by atoms with Crippen LogP contribution in [0.5, 0.6) is 0 Å². The topological polar surface area (TPSA) is 71.8 Å². The minimum atomic E-state index is -0.252. The molecule has 0 radical (unpaired) electrons. The zero-order valence-corrected chi connectivity index (χ0v) is 14.2. The molecule has 6 nitrogen and oxygen atoms in total. The number of nitrogens with one attached hydrogen (secondary N) is 2. The maximum Gasteiger partial charge on any atom is 0.222 e. The number of carbonyl (C=O) groups is 1. The lowest BCUT2D eigenvalue weighted by Crippen LogP contribution is -2.28. The molecule has 0 saturated carbocycles. The van der Waals surface area contributed by atoms with Gasteiger partial charge in [0, 0.05) is 12.6 Å². The van der Waals surface area contributed by atoms with Gasteiger partial charge in [0.25, 0.3) is 0 Å². The molecule has 0 spiro atoms. The number of benzene rings is 2. The molecule has 132 valence electrons. The molecule has 2 N–H and O–H groups in total. The fourth-order valence-corrected chi connectivity index (χ4v) is 3.30. The Morgan fingerprint density at radius 1 is 1.15 bits per heavy atom. The molecule has 1 aliphatic heterocycles. The van der Waals surface area contributed by atoms with E-state index in [1.165, 1.54) is 25.4 Å². The van der Waals surface area contributed by atoms with Gasteiger partial charge in [-0.3, -0.25) is 4.79 Å². The molecule has 0 fully saturated rings. The van der Waals surface area contributed by atoms with Crippen molar-refractivity contribution in [1.82, 2.24) is 14.8 Å². The molecular weight excluding hydrogens is 333 g/mol. The van der Waals surface area contributed by atoms with Gasteiger partial charge in [0.05, 0.1) is 12.1 Å². The lowest BCUT2D eigenvalue weighted by atomic mass is 9.93. The highest BCUT2D eigenvalue weighted by atomic mass is 19.1. The van der Waals surface area contributed by atoms with E-state index in [1.807, 2.05) is 28.9 Å². The van der Waals surface area contributed by atoms with Crippen LogP contribution in [0.2, 0.25) is 0 Å². The number of amides is 1. The van der Waals surface area contributed by atoms with Crippen molar-refractivity contribution in [3.05, 3.63) is 71.8 Å². The first-order chi connectivity index (χ1) is 12.6. The Morgan fingerprint density at radius 3 is 2.54 bits per heavy atom. The lowest BCUT2D eigenvalue weighted by molar-refractivity contribution is -0.114. The summed E-state index contributed by atoms with van der Waals surface area (Å²) in [7, 11) is 0. The van der Waals surface area contributed by atoms with Gasteiger partial charge in [-0.05, 0) is 41.8 Å². The number of rotatable bonds is 3. The molecule has 4 rings (SSSR count). The van der Waals surface area contributed by atoms with Crippen molar-refractivity contribution in [2.45, 2.75) is 25.4 Å². The molecule has 2 aromatic carbocycles. The Morgan fingerprint density at radius 2 is 1.85 bits per heavy atom. The summed E-state index contributed by atoms with van der Waals surface area (Å²) in [6.45, 7) is 1.48. The van der Waals surface area contributed by atoms with Crippen LogP contribution in [0, 0.1) is 5.82 Å². The largest absolute Gasteiger partial charge is 0.348 e. The quantitative estimate of drug-likeness (QED) is 0.757. The number of anilines is 2. The van der Waals surface area contributed by atoms with Gasteiger partial charge in [0.1, 0.15) is 12.1 Å². The van der Waals surface area contributed by atoms with Crippen LogP contribution in [0.4, 0.5) is 16.0 Å². The van der Waals surface area contributed by atoms with E-state index < -0.39 is 0 Å². The molecule has 2 heterocycles. The second kappa shape index (κ2) is 6.59. The van der Waals surface area contributed by atoms with Gasteiger partial charge < -0.3 is 10.6 Å². The molecule has 7 heteroatoms. The van der Waals surface area contributed by atoms with Crippen LogP contribution >= 0.6 is 0 Å². The summed E-state index contributed by atoms with van der Waals surface area (Å²) >= 11 is 0. The van der Waals surface area contributed by atoms with Crippen LogP contribution in [-0.4, -0.2) is 20.7 Å². The van der Waals surface area contributed by atoms with E-state index in [-0.39, 0.29) is 23.8 Å². The summed E-state index contributed by atoms with van der Waals surface area (Å²) in [6, 6.07) is 14.2. The van der Waals surface area contributed by atoms with E-state index in [9.17, 15) is 9.18 Å². The van der Waals surface area contributed by atoms with Crippen LogP contribution < -0.4 is 10.6 Å². The van der Waals surface area contributed by atoms with Gasteiger partial charge in [-0.15, -0.1) is 0 Å². The van der Waals surface area contributed by atoms with Crippen LogP contribution in [0.25, 0.3) is 0 Å². The number of fused-ring (bicyclic) bond motifs is 1. The second-order valence-corrected chi connectivity index (χ2v) is 6.33. The maximum absolute atomic E-state index is 13.2. The van der Waals surface area contributed by atoms with Crippen molar-refractivity contribution in [2.24, 2.45) is 0 Å². The number of hydrogen-bond donors (Lipinski definition) is 2. The van der Waals surface area contributed by atoms with Gasteiger partial charge in [-0.2, -0.15) is 10.1 Å². The van der Waals surface area contributed by atoms with Crippen molar-refractivity contribution >= 4 is 17.5 Å². The number of nitrogens with zero attached hydrogens (tertiary/aromatic N) is 3. The third-order valence-corrected chi connectivity index (χ3v) is 4.52. The summed E-state index contributed by atoms with van der Waals surface area (Å²) in [6.07, 6.45) is 2.27. The van der Waals surface area contributed by atoms with E-state index in [1.54, 1.807) is 12.1 Å². The van der Waals surface area contributed by atoms with Crippen molar-refractivity contribution in [1.29, 1.82) is 0 Å². The average molecular weight is 351 g/mol. The van der Waals surface area contributed by atoms with Crippen molar-refractivity contribution in [2.75, 3.05) is 10.6 Å². The van der Waals surface area contributed by atoms with Gasteiger partial charge in [-0.1, -0.05) is 24.3 Å². The first kappa shape index (κ1) is 16.3. The fourth-order valence-electron chi connectivity index (χ4n) is 3.30. The number of carbonyl (C=O) groups excluding carboxylic acids is 1. The molecule has 1 amide bonds. The molecule has 2 atom stereocenters. The Balaban J connectivity index is 1.64. The highest BCUT2D eigenvalue weighted by Crippen LogP contribution is 2.37. The minimum Gasteiger partial charge on any atom is -0.348 e. The van der Waals surface area contributed by atoms with E-state index >= 15 is 0 Å². The number of hydrogen-bond acceptors (Lipinski definition) is 4. The SMILES string of the molecule is CC(=O)Nc1ccc([C@@H]2C[C@H](c3ccc(F)cc3)Nc3ncnn32)cc1. The van der Waals surface area contributed by atoms with E-state index in [0.29, 0.717) is 5.95 Å². The van der Waals surface area contributed by atoms with E-state index in [0.717, 1.165) is 23.2 Å². The standard InChI is InChI=1S/C19H18FN5O/c1-12(26)23-16-8-4-14(5-9-16)18-10-17(13-2-6-15(20)7-3-13)24-19-21-11-22-25(18)19/h2-9,11,17-18H,10H2,1H3,(H,23,26)(H,21,22,24)/t17-,18+/m1/s1. The zero-order valence-electron chi connectivity index (χ0n) is 14.2. The summed E-state index contributed by atoms with van der Waals surface area (Å²) < 4.78 is 15.1. The van der Waals surface area contributed by atoms with Gasteiger partial charge in [0.15, 0.2) is 0 Å². The molecule has 26 heavy (non-hydrogen) atoms. The molecule has 3 aromatic rings. The predicted molar refractivity (Wildman–Crippen MR) is 96.3 cm³/mol. The minimum absolute atomic E-state index is 0.00446. The zero-order chi connectivity index (χ0) is 18.1. The van der Waals surface area contributed by atoms with Crippen LogP contribution in [-0.2, 0) is 4.79 Å². The molecular formula is C19H18FN5O. The van der Waals surface area contributed by atoms with E-state index in [4.69, 9.17) is 0 Å². The van der Waals surface area contributed by atoms with Crippen LogP contribution in [0.15, 0.2) is 54.9 Å². The Bertz CT molecular complexity index is 920. The van der Waals surface area contributed by atoms with Gasteiger partial charge in [-0.25, -0.2) is 9.07 Å². The Labute approximate surface area is 150 Å². The summed E-state index contributed by atoms with van der Waals surface area (Å²) in [5.41, 5.74) is 2.82. The number of aromatic nitrogens is 3. The molecule has 0 bridgehead atoms. The smallest absolute Gasteiger partial charge is 0.222 e. The summed E-state index contributed by atoms with van der Waals surface area (Å²) in [5.74, 6) is 0.328. The fraction of sp³-hybridized carbons (Fsp3) is 0.211. The monoisotopic (exact) mass is 351 g/mol. The molecule has 0 aliphatic carbocycles. The third-order valence-electron chi connectivity index (χ3n) is 4.52. The highest BCUT2D eigenvalue weighted by molar-refractivity contribution is 5.88. The molecule has 0 unspecified atom stereocenters. The molecule has 1 aliphatic rings. The van der Waals surface area contributed by atoms with Crippen molar-refractivity contribution < 1.29 is 9.18 Å².